The Morgan fingerprint density at radius 2 is 2.14 bits per heavy atom. The van der Waals surface area contributed by atoms with Crippen molar-refractivity contribution in [2.45, 2.75) is 13.0 Å². The molecule has 1 aromatic rings. The summed E-state index contributed by atoms with van der Waals surface area (Å²) in [5.41, 5.74) is 6.68. The van der Waals surface area contributed by atoms with Crippen LogP contribution in [0.15, 0.2) is 35.5 Å². The molecule has 3 N–H and O–H groups in total. The van der Waals surface area contributed by atoms with Crippen molar-refractivity contribution >= 4 is 5.90 Å². The van der Waals surface area contributed by atoms with Crippen LogP contribution in [0.25, 0.3) is 0 Å². The SMILES string of the molecule is CCO/C(=N\O)C(N)c1ccccc1. The third-order valence-corrected chi connectivity index (χ3v) is 1.82. The van der Waals surface area contributed by atoms with Crippen molar-refractivity contribution in [2.24, 2.45) is 10.9 Å². The van der Waals surface area contributed by atoms with Gasteiger partial charge in [-0.25, -0.2) is 0 Å². The molecular weight excluding hydrogens is 180 g/mol. The fraction of sp³-hybridized carbons (Fsp3) is 0.300. The summed E-state index contributed by atoms with van der Waals surface area (Å²) < 4.78 is 5.08. The first-order valence-corrected chi connectivity index (χ1v) is 4.44. The van der Waals surface area contributed by atoms with Crippen LogP contribution >= 0.6 is 0 Å². The van der Waals surface area contributed by atoms with Gasteiger partial charge < -0.3 is 15.7 Å². The Kier molecular flexibility index (Phi) is 3.94. The average molecular weight is 194 g/mol. The topological polar surface area (TPSA) is 67.8 Å². The molecule has 14 heavy (non-hydrogen) atoms. The van der Waals surface area contributed by atoms with Crippen LogP contribution in [-0.2, 0) is 4.74 Å². The highest BCUT2D eigenvalue weighted by molar-refractivity contribution is 5.82. The summed E-state index contributed by atoms with van der Waals surface area (Å²) in [6.07, 6.45) is 0. The molecule has 0 aliphatic rings. The Bertz CT molecular complexity index is 298. The molecule has 0 saturated heterocycles. The van der Waals surface area contributed by atoms with E-state index in [1.54, 1.807) is 0 Å². The number of hydrogen-bond donors (Lipinski definition) is 2. The zero-order valence-corrected chi connectivity index (χ0v) is 8.05. The standard InChI is InChI=1S/C10H14N2O2/c1-2-14-10(12-13)9(11)8-6-4-3-5-7-8/h3-7,9,13H,2,11H2,1H3/b12-10-. The van der Waals surface area contributed by atoms with Crippen LogP contribution in [0, 0.1) is 0 Å². The van der Waals surface area contributed by atoms with E-state index in [2.05, 4.69) is 5.16 Å². The van der Waals surface area contributed by atoms with Crippen molar-refractivity contribution in [3.8, 4) is 0 Å². The van der Waals surface area contributed by atoms with Gasteiger partial charge in [-0.1, -0.05) is 35.5 Å². The molecule has 4 heteroatoms. The van der Waals surface area contributed by atoms with Gasteiger partial charge in [0.15, 0.2) is 0 Å². The second-order valence-electron chi connectivity index (χ2n) is 2.76. The molecule has 0 aromatic heterocycles. The number of nitrogens with zero attached hydrogens (tertiary/aromatic N) is 1. The number of benzene rings is 1. The molecule has 76 valence electrons. The van der Waals surface area contributed by atoms with Crippen molar-refractivity contribution in [3.05, 3.63) is 35.9 Å². The maximum Gasteiger partial charge on any atom is 0.247 e. The molecule has 0 amide bonds. The Balaban J connectivity index is 2.78. The van der Waals surface area contributed by atoms with Gasteiger partial charge in [-0.2, -0.15) is 0 Å². The molecule has 0 spiro atoms. The first-order valence-electron chi connectivity index (χ1n) is 4.44. The van der Waals surface area contributed by atoms with Crippen LogP contribution in [0.4, 0.5) is 0 Å². The quantitative estimate of drug-likeness (QED) is 0.331. The van der Waals surface area contributed by atoms with Gasteiger partial charge in [-0.15, -0.1) is 0 Å². The van der Waals surface area contributed by atoms with Gasteiger partial charge in [0.25, 0.3) is 0 Å². The van der Waals surface area contributed by atoms with E-state index in [4.69, 9.17) is 15.7 Å². The van der Waals surface area contributed by atoms with E-state index < -0.39 is 6.04 Å². The summed E-state index contributed by atoms with van der Waals surface area (Å²) in [6.45, 7) is 2.24. The van der Waals surface area contributed by atoms with Gasteiger partial charge in [0, 0.05) is 0 Å². The lowest BCUT2D eigenvalue weighted by atomic mass is 10.1. The lowest BCUT2D eigenvalue weighted by Crippen LogP contribution is -2.24. The van der Waals surface area contributed by atoms with Crippen molar-refractivity contribution in [1.82, 2.24) is 0 Å². The molecule has 1 unspecified atom stereocenters. The van der Waals surface area contributed by atoms with Gasteiger partial charge in [0.05, 0.1) is 6.61 Å². The molecule has 1 rings (SSSR count). The third-order valence-electron chi connectivity index (χ3n) is 1.82. The Hall–Kier alpha value is -1.55. The van der Waals surface area contributed by atoms with E-state index in [0.29, 0.717) is 6.61 Å². The lowest BCUT2D eigenvalue weighted by molar-refractivity contribution is 0.253. The zero-order valence-electron chi connectivity index (χ0n) is 8.05. The van der Waals surface area contributed by atoms with Crippen LogP contribution in [0.5, 0.6) is 0 Å². The summed E-state index contributed by atoms with van der Waals surface area (Å²) in [6, 6.07) is 8.84. The predicted octanol–water partition coefficient (Wildman–Crippen LogP) is 1.51. The molecule has 1 atom stereocenters. The Morgan fingerprint density at radius 1 is 1.50 bits per heavy atom. The summed E-state index contributed by atoms with van der Waals surface area (Å²) >= 11 is 0. The smallest absolute Gasteiger partial charge is 0.247 e. The maximum absolute atomic E-state index is 8.67. The van der Waals surface area contributed by atoms with Crippen LogP contribution in [-0.4, -0.2) is 17.7 Å². The van der Waals surface area contributed by atoms with Gasteiger partial charge in [-0.05, 0) is 12.5 Å². The first-order chi connectivity index (χ1) is 6.79. The first kappa shape index (κ1) is 10.5. The number of oxime groups is 1. The summed E-state index contributed by atoms with van der Waals surface area (Å²) in [5.74, 6) is 0.138. The minimum Gasteiger partial charge on any atom is -0.478 e. The number of rotatable bonds is 3. The fourth-order valence-corrected chi connectivity index (χ4v) is 1.13. The summed E-state index contributed by atoms with van der Waals surface area (Å²) in [7, 11) is 0. The van der Waals surface area contributed by atoms with Crippen molar-refractivity contribution in [1.29, 1.82) is 0 Å². The highest BCUT2D eigenvalue weighted by atomic mass is 16.5. The Morgan fingerprint density at radius 3 is 2.64 bits per heavy atom. The third kappa shape index (κ3) is 2.47. The predicted molar refractivity (Wildman–Crippen MR) is 54.2 cm³/mol. The highest BCUT2D eigenvalue weighted by Crippen LogP contribution is 2.11. The highest BCUT2D eigenvalue weighted by Gasteiger charge is 2.14. The van der Waals surface area contributed by atoms with Crippen LogP contribution < -0.4 is 5.73 Å². The van der Waals surface area contributed by atoms with Crippen molar-refractivity contribution < 1.29 is 9.94 Å². The van der Waals surface area contributed by atoms with Crippen LogP contribution in [0.1, 0.15) is 18.5 Å². The summed E-state index contributed by atoms with van der Waals surface area (Å²) in [5, 5.41) is 11.7. The number of ether oxygens (including phenoxy) is 1. The fourth-order valence-electron chi connectivity index (χ4n) is 1.13. The van der Waals surface area contributed by atoms with Crippen LogP contribution in [0.3, 0.4) is 0 Å². The maximum atomic E-state index is 8.67. The molecule has 0 aliphatic carbocycles. The van der Waals surface area contributed by atoms with E-state index in [-0.39, 0.29) is 5.90 Å². The Labute approximate surface area is 83.0 Å². The monoisotopic (exact) mass is 194 g/mol. The minimum absolute atomic E-state index is 0.138. The molecule has 0 saturated carbocycles. The number of hydrogen-bond acceptors (Lipinski definition) is 4. The van der Waals surface area contributed by atoms with Gasteiger partial charge >= 0.3 is 0 Å². The minimum atomic E-state index is -0.513. The van der Waals surface area contributed by atoms with Gasteiger partial charge in [0.2, 0.25) is 5.90 Å². The molecule has 0 fully saturated rings. The molecule has 0 radical (unpaired) electrons. The van der Waals surface area contributed by atoms with Gasteiger partial charge in [-0.3, -0.25) is 0 Å². The second-order valence-corrected chi connectivity index (χ2v) is 2.76. The van der Waals surface area contributed by atoms with Crippen molar-refractivity contribution in [3.63, 3.8) is 0 Å². The average Bonchev–Trinajstić information content (AvgIpc) is 2.26. The second kappa shape index (κ2) is 5.24. The molecule has 4 nitrogen and oxygen atoms in total. The lowest BCUT2D eigenvalue weighted by Gasteiger charge is -2.13. The van der Waals surface area contributed by atoms with Crippen LogP contribution in [0.2, 0.25) is 0 Å². The van der Waals surface area contributed by atoms with E-state index in [9.17, 15) is 0 Å². The molecule has 1 aromatic carbocycles. The van der Waals surface area contributed by atoms with E-state index in [1.165, 1.54) is 0 Å². The molecule has 0 bridgehead atoms. The molecule has 0 heterocycles. The zero-order chi connectivity index (χ0) is 10.4. The summed E-state index contributed by atoms with van der Waals surface area (Å²) in [4.78, 5) is 0. The van der Waals surface area contributed by atoms with Crippen molar-refractivity contribution in [2.75, 3.05) is 6.61 Å². The number of nitrogens with two attached hydrogens (primary N) is 1. The molecular formula is C10H14N2O2. The van der Waals surface area contributed by atoms with Gasteiger partial charge in [0.1, 0.15) is 6.04 Å². The van der Waals surface area contributed by atoms with E-state index >= 15 is 0 Å². The molecule has 0 aliphatic heterocycles. The normalized spacial score (nSPS) is 13.7. The van der Waals surface area contributed by atoms with E-state index in [1.807, 2.05) is 37.3 Å². The van der Waals surface area contributed by atoms with E-state index in [0.717, 1.165) is 5.56 Å². The largest absolute Gasteiger partial charge is 0.478 e.